The number of benzene rings is 1. The maximum absolute atomic E-state index is 10.7. The predicted molar refractivity (Wildman–Crippen MR) is 122 cm³/mol. The van der Waals surface area contributed by atoms with Gasteiger partial charge in [0, 0.05) is 52.6 Å². The smallest absolute Gasteiger partial charge is 0.151 e. The fraction of sp³-hybridized carbons (Fsp3) is 0.458. The molecule has 0 saturated carbocycles. The Hall–Kier alpha value is -2.93. The number of phenolic OH excluding ortho intramolecular Hbond substituents is 1. The van der Waals surface area contributed by atoms with E-state index in [-0.39, 0.29) is 16.8 Å². The number of nitrogens with one attached hydrogen (secondary N) is 1. The Morgan fingerprint density at radius 1 is 1.13 bits per heavy atom. The van der Waals surface area contributed by atoms with Crippen molar-refractivity contribution >= 4 is 5.82 Å². The highest BCUT2D eigenvalue weighted by Crippen LogP contribution is 2.43. The molecule has 2 aliphatic heterocycles. The second-order valence-corrected chi connectivity index (χ2v) is 9.60. The number of aromatic hydroxyl groups is 1. The second kappa shape index (κ2) is 7.05. The van der Waals surface area contributed by atoms with Crippen LogP contribution in [0.15, 0.2) is 42.7 Å². The molecule has 0 radical (unpaired) electrons. The van der Waals surface area contributed by atoms with Crippen LogP contribution in [-0.2, 0) is 6.98 Å². The van der Waals surface area contributed by atoms with Gasteiger partial charge in [-0.2, -0.15) is 5.10 Å². The molecule has 2 aliphatic rings. The molecule has 3 aromatic rings. The molecular weight excluding hydrogens is 388 g/mol. The molecule has 2 saturated heterocycles. The minimum absolute atomic E-state index is 0.0466. The number of nitrogens with zero attached hydrogens (tertiary/aromatic N) is 5. The van der Waals surface area contributed by atoms with Gasteiger partial charge in [-0.1, -0.05) is 6.07 Å². The van der Waals surface area contributed by atoms with E-state index in [9.17, 15) is 5.11 Å². The Morgan fingerprint density at radius 2 is 1.90 bits per heavy atom. The average molecular weight is 422 g/mol. The van der Waals surface area contributed by atoms with Crippen molar-refractivity contribution < 1.29 is 9.22 Å². The lowest BCUT2D eigenvalue weighted by atomic mass is 9.84. The van der Waals surface area contributed by atoms with Gasteiger partial charge in [0.25, 0.3) is 0 Å². The van der Waals surface area contributed by atoms with Crippen LogP contribution >= 0.6 is 0 Å². The fourth-order valence-corrected chi connectivity index (χ4v) is 5.34. The van der Waals surface area contributed by atoms with E-state index in [2.05, 4.69) is 46.4 Å². The van der Waals surface area contributed by atoms with Gasteiger partial charge < -0.3 is 15.3 Å². The number of piperidine rings is 1. The van der Waals surface area contributed by atoms with Gasteiger partial charge in [-0.25, -0.2) is 0 Å². The molecule has 2 fully saturated rings. The molecule has 162 valence electrons. The minimum Gasteiger partial charge on any atom is -0.507 e. The van der Waals surface area contributed by atoms with E-state index in [0.717, 1.165) is 23.3 Å². The first-order chi connectivity index (χ1) is 15.9. The Bertz CT molecular complexity index is 1190. The zero-order valence-corrected chi connectivity index (χ0v) is 18.1. The summed E-state index contributed by atoms with van der Waals surface area (Å²) in [5.74, 6) is 0.862. The number of rotatable bonds is 4. The van der Waals surface area contributed by atoms with Crippen molar-refractivity contribution in [3.63, 3.8) is 0 Å². The van der Waals surface area contributed by atoms with Gasteiger partial charge in [0.1, 0.15) is 5.75 Å². The lowest BCUT2D eigenvalue weighted by molar-refractivity contribution is 0.207. The summed E-state index contributed by atoms with van der Waals surface area (Å²) >= 11 is 0. The van der Waals surface area contributed by atoms with Gasteiger partial charge in [0.05, 0.1) is 11.9 Å². The van der Waals surface area contributed by atoms with Crippen LogP contribution in [0.5, 0.6) is 5.75 Å². The lowest BCUT2D eigenvalue weighted by Crippen LogP contribution is -2.58. The van der Waals surface area contributed by atoms with E-state index in [1.165, 1.54) is 25.2 Å². The predicted octanol–water partition coefficient (Wildman–Crippen LogP) is 3.75. The molecule has 0 spiro atoms. The summed E-state index contributed by atoms with van der Waals surface area (Å²) in [7, 11) is 2.08. The molecule has 7 heteroatoms. The largest absolute Gasteiger partial charge is 0.507 e. The van der Waals surface area contributed by atoms with Gasteiger partial charge in [0.15, 0.2) is 5.82 Å². The van der Waals surface area contributed by atoms with E-state index in [1.54, 1.807) is 12.1 Å². The van der Waals surface area contributed by atoms with Crippen LogP contribution in [0.4, 0.5) is 5.82 Å². The molecule has 1 unspecified atom stereocenters. The maximum Gasteiger partial charge on any atom is 0.151 e. The van der Waals surface area contributed by atoms with Crippen LogP contribution in [-0.4, -0.2) is 49.3 Å². The van der Waals surface area contributed by atoms with Crippen molar-refractivity contribution in [2.24, 2.45) is 6.98 Å². The standard InChI is InChI=1S/C24H30N6O/c1-23-9-10-24(2,28-23)13-18(12-23)30(4)22-8-7-20(26-27-22)19-6-5-16(11-21(19)31)17-14-25-29(3)15-17/h5-8,11,14-15,18,28,31H,9-10,12-13H2,1-4H3/t18?,23-,24+/i3D3. The van der Waals surface area contributed by atoms with Crippen LogP contribution in [0.3, 0.4) is 0 Å². The molecule has 5 rings (SSSR count). The third-order valence-corrected chi connectivity index (χ3v) is 6.95. The number of anilines is 1. The first kappa shape index (κ1) is 16.7. The number of aromatic nitrogens is 4. The number of fused-ring (bicyclic) bond motifs is 2. The lowest BCUT2D eigenvalue weighted by Gasteiger charge is -2.45. The normalized spacial score (nSPS) is 29.3. The van der Waals surface area contributed by atoms with Crippen molar-refractivity contribution in [1.82, 2.24) is 25.3 Å². The molecule has 0 aliphatic carbocycles. The first-order valence-corrected chi connectivity index (χ1v) is 10.7. The van der Waals surface area contributed by atoms with Gasteiger partial charge in [-0.05, 0) is 69.4 Å². The molecular formula is C24H30N6O. The fourth-order valence-electron chi connectivity index (χ4n) is 5.34. The highest BCUT2D eigenvalue weighted by molar-refractivity contribution is 5.73. The summed E-state index contributed by atoms with van der Waals surface area (Å²) in [6, 6.07) is 9.37. The van der Waals surface area contributed by atoms with Crippen molar-refractivity contribution in [3.05, 3.63) is 42.7 Å². The van der Waals surface area contributed by atoms with Gasteiger partial charge in [0.2, 0.25) is 0 Å². The molecule has 1 aromatic carbocycles. The molecule has 2 aromatic heterocycles. The molecule has 0 amide bonds. The van der Waals surface area contributed by atoms with Crippen molar-refractivity contribution in [1.29, 1.82) is 0 Å². The van der Waals surface area contributed by atoms with Crippen LogP contribution < -0.4 is 10.2 Å². The van der Waals surface area contributed by atoms with Gasteiger partial charge in [-0.3, -0.25) is 4.68 Å². The topological polar surface area (TPSA) is 79.1 Å². The maximum atomic E-state index is 10.7. The zero-order chi connectivity index (χ0) is 24.3. The SMILES string of the molecule is [2H]C([2H])([2H])n1cc(-c2ccc(-c3ccc(N(C)C4C[C@]5(C)CC[C@](C)(C4)N5)nn3)c(O)c2)cn1. The Balaban J connectivity index is 1.34. The quantitative estimate of drug-likeness (QED) is 0.668. The average Bonchev–Trinajstić information content (AvgIpc) is 3.36. The zero-order valence-electron chi connectivity index (χ0n) is 21.1. The molecule has 2 bridgehead atoms. The summed E-state index contributed by atoms with van der Waals surface area (Å²) in [6.45, 7) is 2.29. The molecule has 31 heavy (non-hydrogen) atoms. The Morgan fingerprint density at radius 3 is 2.52 bits per heavy atom. The van der Waals surface area contributed by atoms with Gasteiger partial charge >= 0.3 is 0 Å². The number of hydrogen-bond acceptors (Lipinski definition) is 6. The van der Waals surface area contributed by atoms with Crippen LogP contribution in [0.1, 0.15) is 43.6 Å². The third kappa shape index (κ3) is 3.67. The molecule has 2 N–H and O–H groups in total. The molecule has 7 nitrogen and oxygen atoms in total. The summed E-state index contributed by atoms with van der Waals surface area (Å²) in [5.41, 5.74) is 2.76. The monoisotopic (exact) mass is 421 g/mol. The summed E-state index contributed by atoms with van der Waals surface area (Å²) in [5, 5.41) is 27.2. The third-order valence-electron chi connectivity index (χ3n) is 6.95. The number of phenols is 1. The van der Waals surface area contributed by atoms with E-state index >= 15 is 0 Å². The van der Waals surface area contributed by atoms with E-state index in [1.807, 2.05) is 18.2 Å². The first-order valence-electron chi connectivity index (χ1n) is 12.2. The minimum atomic E-state index is -2.34. The van der Waals surface area contributed by atoms with Crippen molar-refractivity contribution in [3.8, 4) is 28.1 Å². The summed E-state index contributed by atoms with van der Waals surface area (Å²) in [6.07, 6.45) is 7.46. The van der Waals surface area contributed by atoms with E-state index in [4.69, 9.17) is 4.11 Å². The summed E-state index contributed by atoms with van der Waals surface area (Å²) < 4.78 is 23.3. The van der Waals surface area contributed by atoms with Crippen LogP contribution in [0.2, 0.25) is 0 Å². The Labute approximate surface area is 187 Å². The molecule has 4 heterocycles. The number of hydrogen-bond donors (Lipinski definition) is 2. The van der Waals surface area contributed by atoms with Gasteiger partial charge in [-0.15, -0.1) is 10.2 Å². The number of aryl methyl sites for hydroxylation is 1. The molecule has 3 atom stereocenters. The van der Waals surface area contributed by atoms with E-state index in [0.29, 0.717) is 28.4 Å². The van der Waals surface area contributed by atoms with Crippen molar-refractivity contribution in [2.75, 3.05) is 11.9 Å². The van der Waals surface area contributed by atoms with Crippen LogP contribution in [0, 0.1) is 0 Å². The van der Waals surface area contributed by atoms with Crippen LogP contribution in [0.25, 0.3) is 22.4 Å². The highest BCUT2D eigenvalue weighted by atomic mass is 16.3. The Kier molecular flexibility index (Phi) is 3.81. The highest BCUT2D eigenvalue weighted by Gasteiger charge is 2.49. The summed E-state index contributed by atoms with van der Waals surface area (Å²) in [4.78, 5) is 2.23. The second-order valence-electron chi connectivity index (χ2n) is 9.60. The van der Waals surface area contributed by atoms with Crippen molar-refractivity contribution in [2.45, 2.75) is 56.7 Å². The van der Waals surface area contributed by atoms with E-state index < -0.39 is 6.98 Å².